The molecule has 1 amide bonds. The number of nitrogens with zero attached hydrogens (tertiary/aromatic N) is 1. The molecule has 5 heteroatoms. The van der Waals surface area contributed by atoms with Crippen molar-refractivity contribution in [1.29, 1.82) is 0 Å². The molecule has 0 aromatic carbocycles. The van der Waals surface area contributed by atoms with Crippen LogP contribution in [-0.2, 0) is 4.74 Å². The van der Waals surface area contributed by atoms with Gasteiger partial charge in [0.15, 0.2) is 0 Å². The number of unbranched alkanes of at least 4 members (excludes halogenated alkanes) is 2. The van der Waals surface area contributed by atoms with Gasteiger partial charge in [0.2, 0.25) is 5.95 Å². The summed E-state index contributed by atoms with van der Waals surface area (Å²) in [4.78, 5) is 15.0. The van der Waals surface area contributed by atoms with E-state index in [1.54, 1.807) is 7.11 Å². The van der Waals surface area contributed by atoms with Crippen LogP contribution >= 0.6 is 0 Å². The van der Waals surface area contributed by atoms with Crippen LogP contribution in [0.4, 0.5) is 4.39 Å². The molecular weight excluding hydrogens is 223 g/mol. The molecule has 0 atom stereocenters. The maximum atomic E-state index is 12.8. The van der Waals surface area contributed by atoms with E-state index in [1.807, 2.05) is 0 Å². The van der Waals surface area contributed by atoms with Crippen LogP contribution in [0.1, 0.15) is 29.8 Å². The second kappa shape index (κ2) is 7.73. The van der Waals surface area contributed by atoms with Gasteiger partial charge in [-0.05, 0) is 31.4 Å². The highest BCUT2D eigenvalue weighted by molar-refractivity contribution is 5.92. The van der Waals surface area contributed by atoms with Gasteiger partial charge in [0, 0.05) is 20.3 Å². The fraction of sp³-hybridized carbons (Fsp3) is 0.500. The molecule has 94 valence electrons. The lowest BCUT2D eigenvalue weighted by atomic mass is 10.2. The first-order chi connectivity index (χ1) is 8.24. The first-order valence-electron chi connectivity index (χ1n) is 5.63. The van der Waals surface area contributed by atoms with Crippen molar-refractivity contribution in [2.24, 2.45) is 0 Å². The van der Waals surface area contributed by atoms with Crippen molar-refractivity contribution in [2.45, 2.75) is 19.3 Å². The Morgan fingerprint density at radius 2 is 2.24 bits per heavy atom. The molecule has 0 bridgehead atoms. The predicted molar refractivity (Wildman–Crippen MR) is 62.3 cm³/mol. The third-order valence-corrected chi connectivity index (χ3v) is 2.26. The molecule has 0 unspecified atom stereocenters. The molecule has 0 saturated heterocycles. The summed E-state index contributed by atoms with van der Waals surface area (Å²) in [7, 11) is 1.66. The summed E-state index contributed by atoms with van der Waals surface area (Å²) in [6.45, 7) is 1.31. The van der Waals surface area contributed by atoms with Crippen molar-refractivity contribution >= 4 is 5.91 Å². The van der Waals surface area contributed by atoms with E-state index in [0.29, 0.717) is 6.54 Å². The summed E-state index contributed by atoms with van der Waals surface area (Å²) in [5.74, 6) is -0.978. The number of nitrogens with one attached hydrogen (secondary N) is 1. The molecule has 0 aliphatic rings. The van der Waals surface area contributed by atoms with Crippen LogP contribution in [-0.4, -0.2) is 31.2 Å². The summed E-state index contributed by atoms with van der Waals surface area (Å²) in [6, 6.07) is 4.17. The van der Waals surface area contributed by atoms with E-state index in [4.69, 9.17) is 4.74 Å². The summed E-state index contributed by atoms with van der Waals surface area (Å²) >= 11 is 0. The largest absolute Gasteiger partial charge is 0.385 e. The molecule has 1 aromatic rings. The highest BCUT2D eigenvalue weighted by atomic mass is 19.1. The summed E-state index contributed by atoms with van der Waals surface area (Å²) in [6.07, 6.45) is 2.85. The normalized spacial score (nSPS) is 10.2. The maximum Gasteiger partial charge on any atom is 0.269 e. The Kier molecular flexibility index (Phi) is 6.17. The fourth-order valence-electron chi connectivity index (χ4n) is 1.38. The van der Waals surface area contributed by atoms with Crippen LogP contribution in [0.2, 0.25) is 0 Å². The topological polar surface area (TPSA) is 51.2 Å². The number of rotatable bonds is 7. The van der Waals surface area contributed by atoms with Crippen LogP contribution in [0.25, 0.3) is 0 Å². The van der Waals surface area contributed by atoms with Crippen molar-refractivity contribution in [3.8, 4) is 0 Å². The van der Waals surface area contributed by atoms with Crippen LogP contribution in [0.3, 0.4) is 0 Å². The molecule has 0 aliphatic carbocycles. The smallest absolute Gasteiger partial charge is 0.269 e. The maximum absolute atomic E-state index is 12.8. The number of amides is 1. The van der Waals surface area contributed by atoms with Crippen molar-refractivity contribution in [1.82, 2.24) is 10.3 Å². The van der Waals surface area contributed by atoms with E-state index in [9.17, 15) is 9.18 Å². The predicted octanol–water partition coefficient (Wildman–Crippen LogP) is 1.77. The summed E-state index contributed by atoms with van der Waals surface area (Å²) in [5, 5.41) is 2.69. The minimum Gasteiger partial charge on any atom is -0.385 e. The number of halogens is 1. The lowest BCUT2D eigenvalue weighted by molar-refractivity contribution is 0.0946. The monoisotopic (exact) mass is 240 g/mol. The van der Waals surface area contributed by atoms with Gasteiger partial charge in [-0.15, -0.1) is 0 Å². The number of ether oxygens (including phenoxy) is 1. The second-order valence-electron chi connectivity index (χ2n) is 3.65. The Morgan fingerprint density at radius 1 is 1.41 bits per heavy atom. The van der Waals surface area contributed by atoms with Gasteiger partial charge in [-0.2, -0.15) is 4.39 Å². The van der Waals surface area contributed by atoms with Crippen LogP contribution < -0.4 is 5.32 Å². The fourth-order valence-corrected chi connectivity index (χ4v) is 1.38. The Morgan fingerprint density at radius 3 is 2.94 bits per heavy atom. The highest BCUT2D eigenvalue weighted by Gasteiger charge is 2.06. The van der Waals surface area contributed by atoms with Gasteiger partial charge in [-0.1, -0.05) is 6.07 Å². The standard InChI is InChI=1S/C12H17FN2O2/c1-17-9-4-2-3-8-14-12(16)10-6-5-7-11(13)15-10/h5-7H,2-4,8-9H2,1H3,(H,14,16). The van der Waals surface area contributed by atoms with Gasteiger partial charge in [0.1, 0.15) is 5.69 Å². The number of methoxy groups -OCH3 is 1. The third-order valence-electron chi connectivity index (χ3n) is 2.26. The molecule has 1 aromatic heterocycles. The SMILES string of the molecule is COCCCCCNC(=O)c1cccc(F)n1. The van der Waals surface area contributed by atoms with Crippen LogP contribution in [0.5, 0.6) is 0 Å². The van der Waals surface area contributed by atoms with Crippen molar-refractivity contribution < 1.29 is 13.9 Å². The molecule has 0 fully saturated rings. The van der Waals surface area contributed by atoms with Crippen molar-refractivity contribution in [3.63, 3.8) is 0 Å². The first-order valence-corrected chi connectivity index (χ1v) is 5.63. The Bertz CT molecular complexity index is 358. The van der Waals surface area contributed by atoms with Gasteiger partial charge < -0.3 is 10.1 Å². The Hall–Kier alpha value is -1.49. The zero-order valence-corrected chi connectivity index (χ0v) is 9.91. The molecule has 17 heavy (non-hydrogen) atoms. The third kappa shape index (κ3) is 5.40. The first kappa shape index (κ1) is 13.6. The van der Waals surface area contributed by atoms with Gasteiger partial charge >= 0.3 is 0 Å². The quantitative estimate of drug-likeness (QED) is 0.583. The van der Waals surface area contributed by atoms with E-state index in [2.05, 4.69) is 10.3 Å². The number of carbonyl (C=O) groups excluding carboxylic acids is 1. The number of aromatic nitrogens is 1. The zero-order valence-electron chi connectivity index (χ0n) is 9.91. The molecule has 1 rings (SSSR count). The van der Waals surface area contributed by atoms with Crippen LogP contribution in [0, 0.1) is 5.95 Å². The van der Waals surface area contributed by atoms with E-state index in [-0.39, 0.29) is 11.6 Å². The molecule has 4 nitrogen and oxygen atoms in total. The minimum absolute atomic E-state index is 0.113. The van der Waals surface area contributed by atoms with Gasteiger partial charge in [0.25, 0.3) is 5.91 Å². The van der Waals surface area contributed by atoms with E-state index >= 15 is 0 Å². The zero-order chi connectivity index (χ0) is 12.5. The highest BCUT2D eigenvalue weighted by Crippen LogP contribution is 1.98. The number of hydrogen-bond acceptors (Lipinski definition) is 3. The summed E-state index contributed by atoms with van der Waals surface area (Å²) < 4.78 is 17.7. The van der Waals surface area contributed by atoms with Crippen LogP contribution in [0.15, 0.2) is 18.2 Å². The average molecular weight is 240 g/mol. The molecule has 1 N–H and O–H groups in total. The van der Waals surface area contributed by atoms with Gasteiger partial charge in [-0.25, -0.2) is 4.98 Å². The van der Waals surface area contributed by atoms with E-state index in [0.717, 1.165) is 25.9 Å². The molecule has 0 radical (unpaired) electrons. The number of pyridine rings is 1. The average Bonchev–Trinajstić information content (AvgIpc) is 2.33. The van der Waals surface area contributed by atoms with Gasteiger partial charge in [-0.3, -0.25) is 4.79 Å². The molecule has 0 spiro atoms. The summed E-state index contributed by atoms with van der Waals surface area (Å²) in [5.41, 5.74) is 0.113. The molecule has 0 aliphatic heterocycles. The van der Waals surface area contributed by atoms with E-state index < -0.39 is 5.95 Å². The Balaban J connectivity index is 2.21. The number of hydrogen-bond donors (Lipinski definition) is 1. The van der Waals surface area contributed by atoms with E-state index in [1.165, 1.54) is 18.2 Å². The lowest BCUT2D eigenvalue weighted by Gasteiger charge is -2.04. The number of carbonyl (C=O) groups is 1. The van der Waals surface area contributed by atoms with Crippen molar-refractivity contribution in [3.05, 3.63) is 29.8 Å². The van der Waals surface area contributed by atoms with Crippen molar-refractivity contribution in [2.75, 3.05) is 20.3 Å². The molecular formula is C12H17FN2O2. The molecule has 0 saturated carbocycles. The lowest BCUT2D eigenvalue weighted by Crippen LogP contribution is -2.25. The van der Waals surface area contributed by atoms with Gasteiger partial charge in [0.05, 0.1) is 0 Å². The minimum atomic E-state index is -0.641. The second-order valence-corrected chi connectivity index (χ2v) is 3.65. The molecule has 1 heterocycles. The Labute approximate surface area is 100 Å².